The van der Waals surface area contributed by atoms with Crippen molar-refractivity contribution in [2.24, 2.45) is 0 Å². The summed E-state index contributed by atoms with van der Waals surface area (Å²) in [6, 6.07) is 0. The number of rotatable bonds is 0. The van der Waals surface area contributed by atoms with Gasteiger partial charge in [-0.2, -0.15) is 0 Å². The van der Waals surface area contributed by atoms with Gasteiger partial charge >= 0.3 is 0 Å². The molecule has 1 fully saturated rings. The van der Waals surface area contributed by atoms with Gasteiger partial charge in [-0.1, -0.05) is 12.2 Å². The predicted molar refractivity (Wildman–Crippen MR) is 32.9 cm³/mol. The van der Waals surface area contributed by atoms with Crippen LogP contribution in [0, 0.1) is 0 Å². The van der Waals surface area contributed by atoms with Gasteiger partial charge < -0.3 is 9.47 Å². The smallest absolute Gasteiger partial charge is 0.208 e. The zero-order valence-electron chi connectivity index (χ0n) is 5.04. The van der Waals surface area contributed by atoms with E-state index in [1.54, 1.807) is 0 Å². The Bertz CT molecular complexity index is 150. The van der Waals surface area contributed by atoms with Crippen molar-refractivity contribution in [3.63, 3.8) is 0 Å². The lowest BCUT2D eigenvalue weighted by molar-refractivity contribution is -0.0724. The minimum absolute atomic E-state index is 0.472. The van der Waals surface area contributed by atoms with E-state index in [2.05, 4.69) is 0 Å². The summed E-state index contributed by atoms with van der Waals surface area (Å²) in [4.78, 5) is 0. The van der Waals surface area contributed by atoms with Crippen molar-refractivity contribution in [1.82, 2.24) is 0 Å². The molecule has 0 bridgehead atoms. The molecule has 1 heterocycles. The molecule has 2 nitrogen and oxygen atoms in total. The molecule has 0 amide bonds. The Kier molecular flexibility index (Phi) is 0.976. The van der Waals surface area contributed by atoms with Gasteiger partial charge in [0.25, 0.3) is 0 Å². The van der Waals surface area contributed by atoms with E-state index in [-0.39, 0.29) is 0 Å². The maximum atomic E-state index is 5.31. The average molecular weight is 124 g/mol. The lowest BCUT2D eigenvalue weighted by Gasteiger charge is -2.15. The molecule has 9 heavy (non-hydrogen) atoms. The number of hydrogen-bond donors (Lipinski definition) is 0. The average Bonchev–Trinajstić information content (AvgIpc) is 2.45. The van der Waals surface area contributed by atoms with E-state index < -0.39 is 5.79 Å². The van der Waals surface area contributed by atoms with Crippen LogP contribution in [-0.4, -0.2) is 19.0 Å². The van der Waals surface area contributed by atoms with Crippen LogP contribution in [0.25, 0.3) is 0 Å². The maximum absolute atomic E-state index is 5.31. The molecule has 0 N–H and O–H groups in total. The molecular weight excluding hydrogens is 116 g/mol. The van der Waals surface area contributed by atoms with Gasteiger partial charge in [-0.05, 0) is 12.2 Å². The summed E-state index contributed by atoms with van der Waals surface area (Å²) in [5.74, 6) is -0.472. The largest absolute Gasteiger partial charge is 0.341 e. The van der Waals surface area contributed by atoms with Crippen molar-refractivity contribution in [3.8, 4) is 0 Å². The van der Waals surface area contributed by atoms with Crippen molar-refractivity contribution in [3.05, 3.63) is 24.3 Å². The summed E-state index contributed by atoms with van der Waals surface area (Å²) in [6.45, 7) is 1.41. The number of allylic oxidation sites excluding steroid dienone is 2. The summed E-state index contributed by atoms with van der Waals surface area (Å²) in [7, 11) is 0. The molecule has 2 aliphatic rings. The van der Waals surface area contributed by atoms with Crippen LogP contribution in [0.4, 0.5) is 0 Å². The summed E-state index contributed by atoms with van der Waals surface area (Å²) in [5, 5.41) is 0. The van der Waals surface area contributed by atoms with Crippen LogP contribution in [0.5, 0.6) is 0 Å². The third kappa shape index (κ3) is 0.713. The van der Waals surface area contributed by atoms with Gasteiger partial charge in [0.1, 0.15) is 0 Å². The van der Waals surface area contributed by atoms with Gasteiger partial charge in [-0.3, -0.25) is 0 Å². The van der Waals surface area contributed by atoms with Gasteiger partial charge in [0, 0.05) is 0 Å². The van der Waals surface area contributed by atoms with Gasteiger partial charge in [0.15, 0.2) is 0 Å². The molecule has 48 valence electrons. The summed E-state index contributed by atoms with van der Waals surface area (Å²) in [6.07, 6.45) is 7.70. The molecule has 0 atom stereocenters. The monoisotopic (exact) mass is 124 g/mol. The highest BCUT2D eigenvalue weighted by molar-refractivity contribution is 5.24. The van der Waals surface area contributed by atoms with Crippen LogP contribution >= 0.6 is 0 Å². The summed E-state index contributed by atoms with van der Waals surface area (Å²) < 4.78 is 10.6. The topological polar surface area (TPSA) is 18.5 Å². The Morgan fingerprint density at radius 3 is 2.11 bits per heavy atom. The first-order valence-electron chi connectivity index (χ1n) is 3.06. The third-order valence-electron chi connectivity index (χ3n) is 1.51. The first kappa shape index (κ1) is 5.21. The fourth-order valence-corrected chi connectivity index (χ4v) is 1.07. The van der Waals surface area contributed by atoms with E-state index in [4.69, 9.17) is 9.47 Å². The standard InChI is InChI=1S/C7H8O2/c1-2-4-7(3-1)8-5-6-9-7/h1-4H,5-6H2. The van der Waals surface area contributed by atoms with Crippen LogP contribution in [0.2, 0.25) is 0 Å². The molecule has 0 aromatic rings. The molecule has 0 radical (unpaired) electrons. The minimum Gasteiger partial charge on any atom is -0.341 e. The van der Waals surface area contributed by atoms with Gasteiger partial charge in [-0.25, -0.2) is 0 Å². The molecule has 0 saturated carbocycles. The Hall–Kier alpha value is -0.600. The Labute approximate surface area is 53.8 Å². The van der Waals surface area contributed by atoms with E-state index in [0.29, 0.717) is 13.2 Å². The van der Waals surface area contributed by atoms with E-state index >= 15 is 0 Å². The highest BCUT2D eigenvalue weighted by Crippen LogP contribution is 2.25. The Balaban J connectivity index is 2.23. The van der Waals surface area contributed by atoms with Crippen molar-refractivity contribution < 1.29 is 9.47 Å². The molecule has 0 unspecified atom stereocenters. The zero-order valence-corrected chi connectivity index (χ0v) is 5.04. The first-order chi connectivity index (χ1) is 4.41. The second-order valence-corrected chi connectivity index (χ2v) is 2.14. The van der Waals surface area contributed by atoms with Crippen LogP contribution in [0.3, 0.4) is 0 Å². The Morgan fingerprint density at radius 2 is 1.56 bits per heavy atom. The quantitative estimate of drug-likeness (QED) is 0.476. The molecule has 1 saturated heterocycles. The molecule has 0 aromatic carbocycles. The predicted octanol–water partition coefficient (Wildman–Crippen LogP) is 0.855. The van der Waals surface area contributed by atoms with Gasteiger partial charge in [0.2, 0.25) is 5.79 Å². The van der Waals surface area contributed by atoms with Crippen LogP contribution in [-0.2, 0) is 9.47 Å². The van der Waals surface area contributed by atoms with Crippen molar-refractivity contribution in [2.75, 3.05) is 13.2 Å². The van der Waals surface area contributed by atoms with E-state index in [0.717, 1.165) is 0 Å². The van der Waals surface area contributed by atoms with Crippen LogP contribution < -0.4 is 0 Å². The van der Waals surface area contributed by atoms with Crippen molar-refractivity contribution in [1.29, 1.82) is 0 Å². The molecule has 1 aliphatic heterocycles. The van der Waals surface area contributed by atoms with Gasteiger partial charge in [-0.15, -0.1) is 0 Å². The van der Waals surface area contributed by atoms with Gasteiger partial charge in [0.05, 0.1) is 13.2 Å². The number of hydrogen-bond acceptors (Lipinski definition) is 2. The molecule has 2 heteroatoms. The van der Waals surface area contributed by atoms with E-state index in [1.165, 1.54) is 0 Å². The molecular formula is C7H8O2. The Morgan fingerprint density at radius 1 is 1.00 bits per heavy atom. The summed E-state index contributed by atoms with van der Waals surface area (Å²) in [5.41, 5.74) is 0. The van der Waals surface area contributed by atoms with Crippen LogP contribution in [0.15, 0.2) is 24.3 Å². The molecule has 1 spiro atoms. The highest BCUT2D eigenvalue weighted by Gasteiger charge is 2.31. The van der Waals surface area contributed by atoms with Crippen LogP contribution in [0.1, 0.15) is 0 Å². The summed E-state index contributed by atoms with van der Waals surface area (Å²) >= 11 is 0. The zero-order chi connectivity index (χ0) is 6.16. The van der Waals surface area contributed by atoms with E-state index in [9.17, 15) is 0 Å². The maximum Gasteiger partial charge on any atom is 0.208 e. The lowest BCUT2D eigenvalue weighted by Crippen LogP contribution is -2.21. The first-order valence-corrected chi connectivity index (χ1v) is 3.06. The van der Waals surface area contributed by atoms with Crippen molar-refractivity contribution in [2.45, 2.75) is 5.79 Å². The highest BCUT2D eigenvalue weighted by atomic mass is 16.7. The fraction of sp³-hybridized carbons (Fsp3) is 0.429. The second-order valence-electron chi connectivity index (χ2n) is 2.14. The number of ether oxygens (including phenoxy) is 2. The van der Waals surface area contributed by atoms with Crippen molar-refractivity contribution >= 4 is 0 Å². The molecule has 2 rings (SSSR count). The van der Waals surface area contributed by atoms with E-state index in [1.807, 2.05) is 24.3 Å². The third-order valence-corrected chi connectivity index (χ3v) is 1.51. The second kappa shape index (κ2) is 1.69. The normalized spacial score (nSPS) is 28.4. The molecule has 1 aliphatic carbocycles. The lowest BCUT2D eigenvalue weighted by atomic mass is 10.3. The fourth-order valence-electron chi connectivity index (χ4n) is 1.07. The molecule has 0 aromatic heterocycles. The minimum atomic E-state index is -0.472. The SMILES string of the molecule is C1=CC2(C=C1)OCCO2.